The van der Waals surface area contributed by atoms with E-state index in [1.54, 1.807) is 12.4 Å². The van der Waals surface area contributed by atoms with E-state index in [1.165, 1.54) is 5.01 Å². The molecular weight excluding hydrogens is 178 g/mol. The minimum absolute atomic E-state index is 0.0261. The molecule has 0 fully saturated rings. The largest absolute Gasteiger partial charge is 0.273 e. The van der Waals surface area contributed by atoms with Crippen molar-refractivity contribution in [2.24, 2.45) is 5.10 Å². The van der Waals surface area contributed by atoms with E-state index < -0.39 is 0 Å². The van der Waals surface area contributed by atoms with Crippen molar-refractivity contribution >= 4 is 17.8 Å². The predicted octanol–water partition coefficient (Wildman–Crippen LogP) is 1.50. The number of anilines is 1. The molecule has 4 heteroatoms. The Hall–Kier alpha value is -1.71. The number of aromatic nitrogens is 1. The van der Waals surface area contributed by atoms with E-state index in [4.69, 9.17) is 0 Å². The van der Waals surface area contributed by atoms with Crippen molar-refractivity contribution in [2.45, 2.75) is 19.8 Å². The molecule has 2 rings (SSSR count). The molecule has 4 nitrogen and oxygen atoms in total. The van der Waals surface area contributed by atoms with Gasteiger partial charge < -0.3 is 0 Å². The second-order valence-corrected chi connectivity index (χ2v) is 3.20. The molecule has 2 heterocycles. The van der Waals surface area contributed by atoms with Gasteiger partial charge in [-0.1, -0.05) is 0 Å². The van der Waals surface area contributed by atoms with Crippen molar-refractivity contribution in [3.05, 3.63) is 24.0 Å². The maximum absolute atomic E-state index is 11.5. The fourth-order valence-corrected chi connectivity index (χ4v) is 1.29. The lowest BCUT2D eigenvalue weighted by atomic mass is 10.2. The molecule has 0 N–H and O–H groups in total. The third-order valence-electron chi connectivity index (χ3n) is 2.06. The third-order valence-corrected chi connectivity index (χ3v) is 2.06. The lowest BCUT2D eigenvalue weighted by molar-refractivity contribution is -0.118. The van der Waals surface area contributed by atoms with Crippen LogP contribution in [0.2, 0.25) is 0 Å². The van der Waals surface area contributed by atoms with Crippen LogP contribution < -0.4 is 5.01 Å². The summed E-state index contributed by atoms with van der Waals surface area (Å²) in [5, 5.41) is 5.43. The number of carbonyl (C=O) groups is 1. The standard InChI is InChI=1S/C10H11N3O/c1-8-4-5-9(7-11-8)13-10(14)3-2-6-12-13/h4-7H,2-3H2,1H3. The van der Waals surface area contributed by atoms with Crippen molar-refractivity contribution in [3.8, 4) is 0 Å². The summed E-state index contributed by atoms with van der Waals surface area (Å²) >= 11 is 0. The molecule has 0 saturated heterocycles. The molecule has 72 valence electrons. The molecule has 1 aliphatic heterocycles. The van der Waals surface area contributed by atoms with Crippen molar-refractivity contribution in [3.63, 3.8) is 0 Å². The van der Waals surface area contributed by atoms with Gasteiger partial charge in [0.2, 0.25) is 5.91 Å². The Labute approximate surface area is 82.3 Å². The van der Waals surface area contributed by atoms with E-state index >= 15 is 0 Å². The molecule has 0 atom stereocenters. The molecule has 0 spiro atoms. The van der Waals surface area contributed by atoms with Gasteiger partial charge in [-0.05, 0) is 25.5 Å². The molecule has 1 aromatic heterocycles. The van der Waals surface area contributed by atoms with E-state index in [0.29, 0.717) is 6.42 Å². The predicted molar refractivity (Wildman–Crippen MR) is 54.2 cm³/mol. The first-order chi connectivity index (χ1) is 6.77. The van der Waals surface area contributed by atoms with E-state index in [9.17, 15) is 4.79 Å². The van der Waals surface area contributed by atoms with Crippen LogP contribution in [0.4, 0.5) is 5.69 Å². The van der Waals surface area contributed by atoms with Gasteiger partial charge in [-0.2, -0.15) is 10.1 Å². The Balaban J connectivity index is 2.29. The average molecular weight is 189 g/mol. The third kappa shape index (κ3) is 1.64. The van der Waals surface area contributed by atoms with Gasteiger partial charge in [0.05, 0.1) is 11.9 Å². The quantitative estimate of drug-likeness (QED) is 0.672. The Morgan fingerprint density at radius 3 is 2.93 bits per heavy atom. The fourth-order valence-electron chi connectivity index (χ4n) is 1.29. The highest BCUT2D eigenvalue weighted by Gasteiger charge is 2.16. The number of hydrogen-bond donors (Lipinski definition) is 0. The van der Waals surface area contributed by atoms with Gasteiger partial charge in [0.25, 0.3) is 0 Å². The summed E-state index contributed by atoms with van der Waals surface area (Å²) in [5.74, 6) is 0.0261. The van der Waals surface area contributed by atoms with Gasteiger partial charge in [-0.15, -0.1) is 0 Å². The van der Waals surface area contributed by atoms with Gasteiger partial charge in [0.1, 0.15) is 0 Å². The van der Waals surface area contributed by atoms with Crippen LogP contribution >= 0.6 is 0 Å². The number of pyridine rings is 1. The zero-order chi connectivity index (χ0) is 9.97. The Kier molecular flexibility index (Phi) is 2.26. The minimum Gasteiger partial charge on any atom is -0.273 e. The molecule has 0 radical (unpaired) electrons. The van der Waals surface area contributed by atoms with Gasteiger partial charge in [-0.25, -0.2) is 0 Å². The summed E-state index contributed by atoms with van der Waals surface area (Å²) in [4.78, 5) is 15.6. The van der Waals surface area contributed by atoms with Gasteiger partial charge in [0.15, 0.2) is 0 Å². The molecule has 1 amide bonds. The van der Waals surface area contributed by atoms with Crippen LogP contribution in [0, 0.1) is 6.92 Å². The Bertz CT molecular complexity index is 369. The Morgan fingerprint density at radius 2 is 2.29 bits per heavy atom. The summed E-state index contributed by atoms with van der Waals surface area (Å²) in [6.45, 7) is 1.91. The number of hydrazone groups is 1. The van der Waals surface area contributed by atoms with Crippen molar-refractivity contribution in [1.29, 1.82) is 0 Å². The molecule has 1 aromatic rings. The van der Waals surface area contributed by atoms with Crippen molar-refractivity contribution in [2.75, 3.05) is 5.01 Å². The van der Waals surface area contributed by atoms with Gasteiger partial charge >= 0.3 is 0 Å². The molecule has 0 aromatic carbocycles. The van der Waals surface area contributed by atoms with Crippen molar-refractivity contribution in [1.82, 2.24) is 4.98 Å². The first kappa shape index (κ1) is 8.87. The SMILES string of the molecule is Cc1ccc(N2N=CCCC2=O)cn1. The molecule has 14 heavy (non-hydrogen) atoms. The number of nitrogens with zero attached hydrogens (tertiary/aromatic N) is 3. The normalized spacial score (nSPS) is 16.1. The number of aryl methyl sites for hydroxylation is 1. The molecule has 0 aliphatic carbocycles. The Morgan fingerprint density at radius 1 is 1.43 bits per heavy atom. The van der Waals surface area contributed by atoms with Crippen LogP contribution in [0.1, 0.15) is 18.5 Å². The smallest absolute Gasteiger partial charge is 0.247 e. The average Bonchev–Trinajstić information content (AvgIpc) is 2.20. The number of carbonyl (C=O) groups excluding carboxylic acids is 1. The van der Waals surface area contributed by atoms with Crippen molar-refractivity contribution < 1.29 is 4.79 Å². The first-order valence-electron chi connectivity index (χ1n) is 4.55. The zero-order valence-electron chi connectivity index (χ0n) is 7.97. The fraction of sp³-hybridized carbons (Fsp3) is 0.300. The van der Waals surface area contributed by atoms with Crippen LogP contribution in [0.25, 0.3) is 0 Å². The zero-order valence-corrected chi connectivity index (χ0v) is 7.97. The van der Waals surface area contributed by atoms with Crippen LogP contribution in [0.3, 0.4) is 0 Å². The van der Waals surface area contributed by atoms with E-state index in [1.807, 2.05) is 19.1 Å². The summed E-state index contributed by atoms with van der Waals surface area (Å²) in [6, 6.07) is 3.72. The highest BCUT2D eigenvalue weighted by atomic mass is 16.2. The highest BCUT2D eigenvalue weighted by molar-refractivity contribution is 5.96. The minimum atomic E-state index is 0.0261. The first-order valence-corrected chi connectivity index (χ1v) is 4.55. The second kappa shape index (κ2) is 3.57. The molecule has 0 saturated carbocycles. The van der Waals surface area contributed by atoms with Crippen LogP contribution in [-0.4, -0.2) is 17.1 Å². The monoisotopic (exact) mass is 189 g/mol. The lowest BCUT2D eigenvalue weighted by Gasteiger charge is -2.19. The highest BCUT2D eigenvalue weighted by Crippen LogP contribution is 2.17. The molecular formula is C10H11N3O. The maximum atomic E-state index is 11.5. The summed E-state index contributed by atoms with van der Waals surface area (Å²) in [7, 11) is 0. The summed E-state index contributed by atoms with van der Waals surface area (Å²) in [5.41, 5.74) is 1.67. The number of amides is 1. The van der Waals surface area contributed by atoms with Gasteiger partial charge in [-0.3, -0.25) is 9.78 Å². The molecule has 0 unspecified atom stereocenters. The van der Waals surface area contributed by atoms with E-state index in [2.05, 4.69) is 10.1 Å². The maximum Gasteiger partial charge on any atom is 0.247 e. The number of rotatable bonds is 1. The van der Waals surface area contributed by atoms with E-state index in [0.717, 1.165) is 17.8 Å². The molecule has 0 bridgehead atoms. The molecule has 1 aliphatic rings. The van der Waals surface area contributed by atoms with Crippen LogP contribution in [-0.2, 0) is 4.79 Å². The van der Waals surface area contributed by atoms with Gasteiger partial charge in [0, 0.05) is 18.3 Å². The van der Waals surface area contributed by atoms with Crippen LogP contribution in [0.15, 0.2) is 23.4 Å². The second-order valence-electron chi connectivity index (χ2n) is 3.20. The summed E-state index contributed by atoms with van der Waals surface area (Å²) in [6.07, 6.45) is 4.67. The lowest BCUT2D eigenvalue weighted by Crippen LogP contribution is -2.28. The number of hydrogen-bond acceptors (Lipinski definition) is 3. The summed E-state index contributed by atoms with van der Waals surface area (Å²) < 4.78 is 0. The van der Waals surface area contributed by atoms with Crippen LogP contribution in [0.5, 0.6) is 0 Å². The topological polar surface area (TPSA) is 45.6 Å². The van der Waals surface area contributed by atoms with E-state index in [-0.39, 0.29) is 5.91 Å².